The van der Waals surface area contributed by atoms with Gasteiger partial charge in [-0.1, -0.05) is 0 Å². The molecule has 0 bridgehead atoms. The van der Waals surface area contributed by atoms with Crippen LogP contribution in [0.2, 0.25) is 0 Å². The highest BCUT2D eigenvalue weighted by Crippen LogP contribution is 2.24. The average molecular weight is 382 g/mol. The predicted molar refractivity (Wildman–Crippen MR) is 105 cm³/mol. The number of anilines is 1. The first-order chi connectivity index (χ1) is 13.4. The van der Waals surface area contributed by atoms with E-state index in [1.165, 1.54) is 18.2 Å². The first-order valence-electron chi connectivity index (χ1n) is 9.07. The molecule has 0 unspecified atom stereocenters. The number of carbonyl (C=O) groups excluding carboxylic acids is 2. The van der Waals surface area contributed by atoms with E-state index in [0.29, 0.717) is 11.1 Å². The number of nitrogens with one attached hydrogen (secondary N) is 1. The first kappa shape index (κ1) is 19.3. The second-order valence-electron chi connectivity index (χ2n) is 6.85. The van der Waals surface area contributed by atoms with Crippen molar-refractivity contribution in [3.63, 3.8) is 0 Å². The zero-order chi connectivity index (χ0) is 20.3. The maximum Gasteiger partial charge on any atom is 0.275 e. The summed E-state index contributed by atoms with van der Waals surface area (Å²) in [5, 5.41) is 14.5. The van der Waals surface area contributed by atoms with Crippen LogP contribution in [0, 0.1) is 17.0 Å². The lowest BCUT2D eigenvalue weighted by atomic mass is 10.1. The van der Waals surface area contributed by atoms with Gasteiger partial charge in [0.25, 0.3) is 11.6 Å². The molecule has 28 heavy (non-hydrogen) atoms. The number of aryl methyl sites for hydroxylation is 1. The molecule has 2 aromatic rings. The van der Waals surface area contributed by atoms with Crippen LogP contribution in [-0.2, 0) is 6.54 Å². The Morgan fingerprint density at radius 3 is 2.43 bits per heavy atom. The van der Waals surface area contributed by atoms with Crippen molar-refractivity contribution in [3.8, 4) is 0 Å². The minimum atomic E-state index is -0.711. The van der Waals surface area contributed by atoms with E-state index in [1.54, 1.807) is 6.07 Å². The molecule has 0 aromatic heterocycles. The van der Waals surface area contributed by atoms with Crippen LogP contribution in [0.1, 0.15) is 44.7 Å². The SMILES string of the molecule is Cc1cc(C(=O)N2CCCC2)ccc1NCc1ccc(C(N)=O)cc1[N+](=O)[O-]. The molecular formula is C20H22N4O4. The number of amides is 2. The molecule has 1 heterocycles. The summed E-state index contributed by atoms with van der Waals surface area (Å²) >= 11 is 0. The molecule has 3 rings (SSSR count). The molecule has 146 valence electrons. The highest BCUT2D eigenvalue weighted by Gasteiger charge is 2.20. The third-order valence-electron chi connectivity index (χ3n) is 4.90. The standard InChI is InChI=1S/C20H22N4O4/c1-13-10-15(20(26)23-8-2-3-9-23)6-7-17(13)22-12-16-5-4-14(19(21)25)11-18(16)24(27)28/h4-7,10-11,22H,2-3,8-9,12H2,1H3,(H2,21,25). The summed E-state index contributed by atoms with van der Waals surface area (Å²) in [7, 11) is 0. The minimum Gasteiger partial charge on any atom is -0.380 e. The largest absolute Gasteiger partial charge is 0.380 e. The summed E-state index contributed by atoms with van der Waals surface area (Å²) in [6, 6.07) is 9.57. The van der Waals surface area contributed by atoms with E-state index in [9.17, 15) is 19.7 Å². The molecule has 2 aromatic carbocycles. The number of hydrogen-bond acceptors (Lipinski definition) is 5. The van der Waals surface area contributed by atoms with Gasteiger partial charge < -0.3 is 16.0 Å². The van der Waals surface area contributed by atoms with Gasteiger partial charge in [0.2, 0.25) is 5.91 Å². The van der Waals surface area contributed by atoms with Gasteiger partial charge in [-0.25, -0.2) is 0 Å². The van der Waals surface area contributed by atoms with Gasteiger partial charge in [-0.05, 0) is 55.7 Å². The van der Waals surface area contributed by atoms with Crippen LogP contribution >= 0.6 is 0 Å². The first-order valence-corrected chi connectivity index (χ1v) is 9.07. The van der Waals surface area contributed by atoms with Crippen LogP contribution in [0.5, 0.6) is 0 Å². The lowest BCUT2D eigenvalue weighted by molar-refractivity contribution is -0.385. The molecule has 0 aliphatic carbocycles. The van der Waals surface area contributed by atoms with Gasteiger partial charge in [0, 0.05) is 48.1 Å². The molecule has 2 amide bonds. The summed E-state index contributed by atoms with van der Waals surface area (Å²) in [4.78, 5) is 36.4. The molecule has 0 saturated carbocycles. The number of nitrogens with two attached hydrogens (primary N) is 1. The van der Waals surface area contributed by atoms with Crippen LogP contribution in [0.3, 0.4) is 0 Å². The number of nitrogens with zero attached hydrogens (tertiary/aromatic N) is 2. The average Bonchev–Trinajstić information content (AvgIpc) is 3.20. The number of benzene rings is 2. The van der Waals surface area contributed by atoms with Crippen LogP contribution in [0.4, 0.5) is 11.4 Å². The fourth-order valence-electron chi connectivity index (χ4n) is 3.32. The van der Waals surface area contributed by atoms with Crippen LogP contribution in [0.15, 0.2) is 36.4 Å². The van der Waals surface area contributed by atoms with Crippen LogP contribution in [-0.4, -0.2) is 34.7 Å². The summed E-state index contributed by atoms with van der Waals surface area (Å²) < 4.78 is 0. The Balaban J connectivity index is 1.75. The summed E-state index contributed by atoms with van der Waals surface area (Å²) in [6.07, 6.45) is 2.08. The summed E-state index contributed by atoms with van der Waals surface area (Å²) in [5.74, 6) is -0.679. The number of nitro groups is 1. The third-order valence-corrected chi connectivity index (χ3v) is 4.90. The number of rotatable bonds is 6. The maximum absolute atomic E-state index is 12.5. The second kappa shape index (κ2) is 8.08. The Labute approximate surface area is 162 Å². The number of primary amides is 1. The van der Waals surface area contributed by atoms with E-state index in [4.69, 9.17) is 5.73 Å². The van der Waals surface area contributed by atoms with Crippen molar-refractivity contribution in [3.05, 3.63) is 68.8 Å². The van der Waals surface area contributed by atoms with Gasteiger partial charge in [-0.2, -0.15) is 0 Å². The van der Waals surface area contributed by atoms with E-state index >= 15 is 0 Å². The number of likely N-dealkylation sites (tertiary alicyclic amines) is 1. The van der Waals surface area contributed by atoms with Crippen molar-refractivity contribution in [1.29, 1.82) is 0 Å². The van der Waals surface area contributed by atoms with Gasteiger partial charge in [0.05, 0.1) is 4.92 Å². The number of hydrogen-bond donors (Lipinski definition) is 2. The fraction of sp³-hybridized carbons (Fsp3) is 0.300. The molecule has 8 nitrogen and oxygen atoms in total. The molecule has 3 N–H and O–H groups in total. The normalized spacial score (nSPS) is 13.4. The topological polar surface area (TPSA) is 119 Å². The Kier molecular flexibility index (Phi) is 5.58. The van der Waals surface area contributed by atoms with E-state index < -0.39 is 10.8 Å². The van der Waals surface area contributed by atoms with E-state index in [1.807, 2.05) is 24.0 Å². The van der Waals surface area contributed by atoms with Gasteiger partial charge in [0.1, 0.15) is 0 Å². The molecule has 0 radical (unpaired) electrons. The Bertz CT molecular complexity index is 936. The molecule has 8 heteroatoms. The Morgan fingerprint density at radius 2 is 1.82 bits per heavy atom. The summed E-state index contributed by atoms with van der Waals surface area (Å²) in [6.45, 7) is 3.68. The Hall–Kier alpha value is -3.42. The quantitative estimate of drug-likeness (QED) is 0.588. The fourth-order valence-corrected chi connectivity index (χ4v) is 3.32. The van der Waals surface area contributed by atoms with Gasteiger partial charge in [0.15, 0.2) is 0 Å². The molecule has 1 saturated heterocycles. The van der Waals surface area contributed by atoms with Crippen molar-refractivity contribution in [2.45, 2.75) is 26.3 Å². The predicted octanol–water partition coefficient (Wildman–Crippen LogP) is 2.85. The van der Waals surface area contributed by atoms with Crippen LogP contribution in [0.25, 0.3) is 0 Å². The monoisotopic (exact) mass is 382 g/mol. The zero-order valence-corrected chi connectivity index (χ0v) is 15.6. The highest BCUT2D eigenvalue weighted by molar-refractivity contribution is 5.95. The molecule has 1 aliphatic rings. The van der Waals surface area contributed by atoms with E-state index in [2.05, 4.69) is 5.32 Å². The summed E-state index contributed by atoms with van der Waals surface area (Å²) in [5.41, 5.74) is 7.86. The molecule has 0 atom stereocenters. The number of nitro benzene ring substituents is 1. The van der Waals surface area contributed by atoms with Gasteiger partial charge in [-0.3, -0.25) is 19.7 Å². The van der Waals surface area contributed by atoms with Gasteiger partial charge in [-0.15, -0.1) is 0 Å². The zero-order valence-electron chi connectivity index (χ0n) is 15.6. The second-order valence-corrected chi connectivity index (χ2v) is 6.85. The smallest absolute Gasteiger partial charge is 0.275 e. The Morgan fingerprint density at radius 1 is 1.14 bits per heavy atom. The number of carbonyl (C=O) groups is 2. The van der Waals surface area contributed by atoms with Crippen LogP contribution < -0.4 is 11.1 Å². The van der Waals surface area contributed by atoms with Crippen molar-refractivity contribution in [1.82, 2.24) is 4.90 Å². The molecular weight excluding hydrogens is 360 g/mol. The molecule has 1 fully saturated rings. The van der Waals surface area contributed by atoms with E-state index in [0.717, 1.165) is 37.2 Å². The van der Waals surface area contributed by atoms with Crippen molar-refractivity contribution in [2.75, 3.05) is 18.4 Å². The van der Waals surface area contributed by atoms with Gasteiger partial charge >= 0.3 is 0 Å². The molecule has 1 aliphatic heterocycles. The minimum absolute atomic E-state index is 0.0322. The van der Waals surface area contributed by atoms with Crippen molar-refractivity contribution >= 4 is 23.2 Å². The van der Waals surface area contributed by atoms with Crippen molar-refractivity contribution < 1.29 is 14.5 Å². The highest BCUT2D eigenvalue weighted by atomic mass is 16.6. The molecule has 0 spiro atoms. The lowest BCUT2D eigenvalue weighted by Gasteiger charge is -2.17. The lowest BCUT2D eigenvalue weighted by Crippen LogP contribution is -2.27. The van der Waals surface area contributed by atoms with E-state index in [-0.39, 0.29) is 23.7 Å². The maximum atomic E-state index is 12.5. The third kappa shape index (κ3) is 4.11. The van der Waals surface area contributed by atoms with Crippen molar-refractivity contribution in [2.24, 2.45) is 5.73 Å².